The van der Waals surface area contributed by atoms with Gasteiger partial charge in [0.05, 0.1) is 0 Å². The summed E-state index contributed by atoms with van der Waals surface area (Å²) in [5, 5.41) is 0. The smallest absolute Gasteiger partial charge is 0.105 e. The van der Waals surface area contributed by atoms with Crippen LogP contribution in [0.25, 0.3) is 0 Å². The fraction of sp³-hybridized carbons (Fsp3) is 1.00. The maximum absolute atomic E-state index is 5.68. The Kier molecular flexibility index (Phi) is 15.1. The summed E-state index contributed by atoms with van der Waals surface area (Å²) < 4.78 is 10.9. The van der Waals surface area contributed by atoms with Crippen LogP contribution in [0.5, 0.6) is 0 Å². The molecular weight excluding hydrogens is 252 g/mol. The zero-order chi connectivity index (χ0) is 15.1. The summed E-state index contributed by atoms with van der Waals surface area (Å²) >= 11 is 0. The van der Waals surface area contributed by atoms with E-state index in [0.29, 0.717) is 0 Å². The summed E-state index contributed by atoms with van der Waals surface area (Å²) in [6.45, 7) is 5.71. The van der Waals surface area contributed by atoms with E-state index in [1.54, 1.807) is 0 Å². The van der Waals surface area contributed by atoms with Crippen LogP contribution in [0.1, 0.15) is 78.1 Å². The minimum absolute atomic E-state index is 0.0713. The summed E-state index contributed by atoms with van der Waals surface area (Å²) in [6, 6.07) is 0. The topological polar surface area (TPSA) is 70.5 Å². The Bertz CT molecular complexity index is 171. The SMILES string of the molecule is CCC(N)OCCCCCCCCCCOC(N)CC. The number of ether oxygens (including phenoxy) is 2. The highest BCUT2D eigenvalue weighted by molar-refractivity contribution is 4.49. The number of nitrogens with two attached hydrogens (primary N) is 2. The van der Waals surface area contributed by atoms with Crippen LogP contribution < -0.4 is 11.5 Å². The van der Waals surface area contributed by atoms with Gasteiger partial charge in [-0.15, -0.1) is 0 Å². The predicted molar refractivity (Wildman–Crippen MR) is 85.4 cm³/mol. The zero-order valence-corrected chi connectivity index (χ0v) is 13.6. The van der Waals surface area contributed by atoms with Crippen molar-refractivity contribution in [3.63, 3.8) is 0 Å². The molecule has 0 aromatic rings. The first-order valence-corrected chi connectivity index (χ1v) is 8.45. The molecule has 0 fully saturated rings. The molecule has 0 heterocycles. The van der Waals surface area contributed by atoms with Crippen molar-refractivity contribution in [3.05, 3.63) is 0 Å². The molecule has 4 heteroatoms. The Balaban J connectivity index is 3.03. The van der Waals surface area contributed by atoms with E-state index in [2.05, 4.69) is 0 Å². The second-order valence-corrected chi connectivity index (χ2v) is 5.46. The molecule has 0 amide bonds. The van der Waals surface area contributed by atoms with Gasteiger partial charge in [0.1, 0.15) is 12.5 Å². The molecule has 2 unspecified atom stereocenters. The molecule has 0 rings (SSSR count). The van der Waals surface area contributed by atoms with E-state index in [9.17, 15) is 0 Å². The summed E-state index contributed by atoms with van der Waals surface area (Å²) in [5.74, 6) is 0. The van der Waals surface area contributed by atoms with Gasteiger partial charge in [-0.05, 0) is 25.7 Å². The van der Waals surface area contributed by atoms with Gasteiger partial charge in [-0.25, -0.2) is 0 Å². The van der Waals surface area contributed by atoms with Crippen molar-refractivity contribution in [1.29, 1.82) is 0 Å². The molecule has 0 aromatic heterocycles. The predicted octanol–water partition coefficient (Wildman–Crippen LogP) is 3.53. The summed E-state index contributed by atoms with van der Waals surface area (Å²) in [4.78, 5) is 0. The van der Waals surface area contributed by atoms with Crippen molar-refractivity contribution in [2.45, 2.75) is 90.5 Å². The first kappa shape index (κ1) is 19.8. The average molecular weight is 288 g/mol. The molecule has 0 aromatic carbocycles. The second kappa shape index (κ2) is 15.2. The van der Waals surface area contributed by atoms with Gasteiger partial charge >= 0.3 is 0 Å². The molecule has 0 aliphatic carbocycles. The monoisotopic (exact) mass is 288 g/mol. The highest BCUT2D eigenvalue weighted by Crippen LogP contribution is 2.09. The molecule has 0 saturated heterocycles. The molecule has 122 valence electrons. The van der Waals surface area contributed by atoms with Gasteiger partial charge in [0, 0.05) is 13.2 Å². The van der Waals surface area contributed by atoms with Crippen LogP contribution in [0.2, 0.25) is 0 Å². The lowest BCUT2D eigenvalue weighted by Gasteiger charge is -2.10. The molecule has 20 heavy (non-hydrogen) atoms. The third-order valence-corrected chi connectivity index (χ3v) is 3.51. The van der Waals surface area contributed by atoms with Crippen molar-refractivity contribution < 1.29 is 9.47 Å². The minimum Gasteiger partial charge on any atom is -0.364 e. The lowest BCUT2D eigenvalue weighted by Crippen LogP contribution is -2.22. The van der Waals surface area contributed by atoms with Gasteiger partial charge in [-0.3, -0.25) is 0 Å². The number of hydrogen-bond donors (Lipinski definition) is 2. The van der Waals surface area contributed by atoms with Crippen LogP contribution in [0.15, 0.2) is 0 Å². The van der Waals surface area contributed by atoms with Crippen LogP contribution in [-0.2, 0) is 9.47 Å². The molecule has 4 N–H and O–H groups in total. The van der Waals surface area contributed by atoms with Crippen molar-refractivity contribution in [2.75, 3.05) is 13.2 Å². The van der Waals surface area contributed by atoms with Crippen LogP contribution in [0.4, 0.5) is 0 Å². The second-order valence-electron chi connectivity index (χ2n) is 5.46. The lowest BCUT2D eigenvalue weighted by atomic mass is 10.1. The Morgan fingerprint density at radius 2 is 0.900 bits per heavy atom. The van der Waals surface area contributed by atoms with E-state index in [-0.39, 0.29) is 12.5 Å². The molecule has 4 nitrogen and oxygen atoms in total. The first-order chi connectivity index (χ1) is 9.70. The molecule has 0 bridgehead atoms. The number of hydrogen-bond acceptors (Lipinski definition) is 4. The number of unbranched alkanes of at least 4 members (excludes halogenated alkanes) is 7. The maximum Gasteiger partial charge on any atom is 0.105 e. The Morgan fingerprint density at radius 3 is 1.20 bits per heavy atom. The average Bonchev–Trinajstić information content (AvgIpc) is 2.47. The van der Waals surface area contributed by atoms with Gasteiger partial charge in [-0.2, -0.15) is 0 Å². The minimum atomic E-state index is -0.0713. The lowest BCUT2D eigenvalue weighted by molar-refractivity contribution is 0.0519. The Morgan fingerprint density at radius 1 is 0.600 bits per heavy atom. The zero-order valence-electron chi connectivity index (χ0n) is 13.6. The molecule has 0 aliphatic rings. The van der Waals surface area contributed by atoms with E-state index < -0.39 is 0 Å². The largest absolute Gasteiger partial charge is 0.364 e. The van der Waals surface area contributed by atoms with Gasteiger partial charge in [0.25, 0.3) is 0 Å². The van der Waals surface area contributed by atoms with Crippen LogP contribution >= 0.6 is 0 Å². The van der Waals surface area contributed by atoms with Crippen molar-refractivity contribution in [2.24, 2.45) is 11.5 Å². The molecule has 0 spiro atoms. The molecular formula is C16H36N2O2. The van der Waals surface area contributed by atoms with E-state index in [1.807, 2.05) is 13.8 Å². The van der Waals surface area contributed by atoms with Crippen LogP contribution in [0.3, 0.4) is 0 Å². The Hall–Kier alpha value is -0.160. The fourth-order valence-electron chi connectivity index (χ4n) is 1.97. The Labute approximate surface area is 125 Å². The van der Waals surface area contributed by atoms with Crippen molar-refractivity contribution >= 4 is 0 Å². The van der Waals surface area contributed by atoms with Gasteiger partial charge < -0.3 is 20.9 Å². The molecule has 0 aliphatic heterocycles. The summed E-state index contributed by atoms with van der Waals surface area (Å²) in [7, 11) is 0. The quantitative estimate of drug-likeness (QED) is 0.357. The number of rotatable bonds is 15. The van der Waals surface area contributed by atoms with E-state index in [4.69, 9.17) is 20.9 Å². The van der Waals surface area contributed by atoms with Crippen LogP contribution in [0, 0.1) is 0 Å². The normalized spacial score (nSPS) is 14.4. The maximum atomic E-state index is 5.68. The van der Waals surface area contributed by atoms with E-state index >= 15 is 0 Å². The summed E-state index contributed by atoms with van der Waals surface area (Å²) in [6.07, 6.45) is 11.7. The highest BCUT2D eigenvalue weighted by Gasteiger charge is 1.99. The third kappa shape index (κ3) is 14.3. The molecule has 0 saturated carbocycles. The molecule has 0 radical (unpaired) electrons. The fourth-order valence-corrected chi connectivity index (χ4v) is 1.97. The van der Waals surface area contributed by atoms with Crippen molar-refractivity contribution in [1.82, 2.24) is 0 Å². The van der Waals surface area contributed by atoms with Gasteiger partial charge in [0.15, 0.2) is 0 Å². The van der Waals surface area contributed by atoms with Gasteiger partial charge in [0.2, 0.25) is 0 Å². The van der Waals surface area contributed by atoms with E-state index in [0.717, 1.165) is 38.9 Å². The van der Waals surface area contributed by atoms with Gasteiger partial charge in [-0.1, -0.05) is 52.4 Å². The molecule has 2 atom stereocenters. The first-order valence-electron chi connectivity index (χ1n) is 8.45. The van der Waals surface area contributed by atoms with Crippen LogP contribution in [-0.4, -0.2) is 25.7 Å². The summed E-state index contributed by atoms with van der Waals surface area (Å²) in [5.41, 5.74) is 11.4. The standard InChI is InChI=1S/C16H36N2O2/c1-3-15(17)19-13-11-9-7-5-6-8-10-12-14-20-16(18)4-2/h15-16H,3-14,17-18H2,1-2H3. The van der Waals surface area contributed by atoms with Crippen molar-refractivity contribution in [3.8, 4) is 0 Å². The van der Waals surface area contributed by atoms with E-state index in [1.165, 1.54) is 38.5 Å². The highest BCUT2D eigenvalue weighted by atomic mass is 16.5. The third-order valence-electron chi connectivity index (χ3n) is 3.51.